The highest BCUT2D eigenvalue weighted by atomic mass is 32.2. The van der Waals surface area contributed by atoms with Gasteiger partial charge in [0.1, 0.15) is 5.82 Å². The molecular formula is C12H16N2O4S. The van der Waals surface area contributed by atoms with Gasteiger partial charge in [0.15, 0.2) is 9.84 Å². The second-order valence-electron chi connectivity index (χ2n) is 4.65. The third-order valence-corrected chi connectivity index (χ3v) is 4.78. The van der Waals surface area contributed by atoms with Crippen molar-refractivity contribution in [3.63, 3.8) is 0 Å². The Labute approximate surface area is 112 Å². The molecule has 2 rings (SSSR count). The van der Waals surface area contributed by atoms with Crippen molar-refractivity contribution in [3.05, 3.63) is 23.4 Å². The summed E-state index contributed by atoms with van der Waals surface area (Å²) >= 11 is 0. The fourth-order valence-corrected chi connectivity index (χ4v) is 3.38. The standard InChI is InChI=1S/C12H16N2O4S/c1-9-7-10(12(15)16)8-11(13-9)14-3-2-5-19(17,18)6-4-14/h7-8H,2-6H2,1H3,(H,15,16). The number of aromatic nitrogens is 1. The van der Waals surface area contributed by atoms with E-state index in [0.29, 0.717) is 31.0 Å². The predicted octanol–water partition coefficient (Wildman–Crippen LogP) is 0.713. The van der Waals surface area contributed by atoms with E-state index in [1.165, 1.54) is 12.1 Å². The van der Waals surface area contributed by atoms with Crippen LogP contribution >= 0.6 is 0 Å². The Kier molecular flexibility index (Phi) is 3.75. The molecule has 1 aliphatic rings. The van der Waals surface area contributed by atoms with Crippen molar-refractivity contribution < 1.29 is 18.3 Å². The van der Waals surface area contributed by atoms with Gasteiger partial charge < -0.3 is 10.0 Å². The summed E-state index contributed by atoms with van der Waals surface area (Å²) in [6.45, 7) is 2.66. The van der Waals surface area contributed by atoms with E-state index in [4.69, 9.17) is 5.11 Å². The molecule has 0 spiro atoms. The number of carboxylic acids is 1. The van der Waals surface area contributed by atoms with E-state index >= 15 is 0 Å². The van der Waals surface area contributed by atoms with Gasteiger partial charge in [-0.3, -0.25) is 0 Å². The first-order valence-electron chi connectivity index (χ1n) is 6.05. The van der Waals surface area contributed by atoms with E-state index in [-0.39, 0.29) is 17.1 Å². The van der Waals surface area contributed by atoms with Gasteiger partial charge >= 0.3 is 5.97 Å². The monoisotopic (exact) mass is 284 g/mol. The van der Waals surface area contributed by atoms with Gasteiger partial charge in [-0.05, 0) is 25.5 Å². The Balaban J connectivity index is 2.29. The largest absolute Gasteiger partial charge is 0.478 e. The van der Waals surface area contributed by atoms with Crippen LogP contribution in [0.25, 0.3) is 0 Å². The van der Waals surface area contributed by atoms with Gasteiger partial charge in [0.05, 0.1) is 17.1 Å². The molecule has 0 amide bonds. The molecule has 0 aromatic carbocycles. The molecule has 1 saturated heterocycles. The smallest absolute Gasteiger partial charge is 0.335 e. The SMILES string of the molecule is Cc1cc(C(=O)O)cc(N2CCCS(=O)(=O)CC2)n1. The number of nitrogens with zero attached hydrogens (tertiary/aromatic N) is 2. The van der Waals surface area contributed by atoms with Crippen LogP contribution in [0, 0.1) is 6.92 Å². The number of rotatable bonds is 2. The average molecular weight is 284 g/mol. The summed E-state index contributed by atoms with van der Waals surface area (Å²) in [5.74, 6) is -0.199. The van der Waals surface area contributed by atoms with E-state index in [0.717, 1.165) is 0 Å². The summed E-state index contributed by atoms with van der Waals surface area (Å²) in [7, 11) is -2.98. The number of anilines is 1. The highest BCUT2D eigenvalue weighted by Crippen LogP contribution is 2.17. The first-order chi connectivity index (χ1) is 8.87. The van der Waals surface area contributed by atoms with Gasteiger partial charge in [-0.2, -0.15) is 0 Å². The molecule has 1 fully saturated rings. The number of carbonyl (C=O) groups is 1. The zero-order valence-electron chi connectivity index (χ0n) is 10.7. The molecule has 104 valence electrons. The Morgan fingerprint density at radius 2 is 2.05 bits per heavy atom. The van der Waals surface area contributed by atoms with Gasteiger partial charge in [0, 0.05) is 18.8 Å². The van der Waals surface area contributed by atoms with Gasteiger partial charge in [-0.25, -0.2) is 18.2 Å². The lowest BCUT2D eigenvalue weighted by molar-refractivity contribution is 0.0696. The van der Waals surface area contributed by atoms with Crippen molar-refractivity contribution in [2.75, 3.05) is 29.5 Å². The zero-order chi connectivity index (χ0) is 14.0. The number of pyridine rings is 1. The van der Waals surface area contributed by atoms with Crippen molar-refractivity contribution >= 4 is 21.6 Å². The fraction of sp³-hybridized carbons (Fsp3) is 0.500. The summed E-state index contributed by atoms with van der Waals surface area (Å²) in [6.07, 6.45) is 0.542. The summed E-state index contributed by atoms with van der Waals surface area (Å²) in [6, 6.07) is 2.99. The maximum absolute atomic E-state index is 11.5. The number of aromatic carboxylic acids is 1. The second-order valence-corrected chi connectivity index (χ2v) is 6.96. The summed E-state index contributed by atoms with van der Waals surface area (Å²) in [5, 5.41) is 9.03. The molecule has 0 aliphatic carbocycles. The van der Waals surface area contributed by atoms with Gasteiger partial charge in [0.25, 0.3) is 0 Å². The second kappa shape index (κ2) is 5.16. The Hall–Kier alpha value is -1.63. The zero-order valence-corrected chi connectivity index (χ0v) is 11.5. The normalized spacial score (nSPS) is 18.9. The third-order valence-electron chi connectivity index (χ3n) is 3.07. The first-order valence-corrected chi connectivity index (χ1v) is 7.87. The minimum absolute atomic E-state index is 0.0883. The van der Waals surface area contributed by atoms with Gasteiger partial charge in [-0.1, -0.05) is 0 Å². The van der Waals surface area contributed by atoms with Crippen LogP contribution in [0.4, 0.5) is 5.82 Å². The Morgan fingerprint density at radius 1 is 1.32 bits per heavy atom. The molecule has 19 heavy (non-hydrogen) atoms. The molecule has 7 heteroatoms. The molecule has 0 saturated carbocycles. The molecule has 1 aromatic heterocycles. The number of hydrogen-bond donors (Lipinski definition) is 1. The third kappa shape index (κ3) is 3.44. The maximum Gasteiger partial charge on any atom is 0.335 e. The summed E-state index contributed by atoms with van der Waals surface area (Å²) in [4.78, 5) is 17.2. The van der Waals surface area contributed by atoms with E-state index in [1.54, 1.807) is 6.92 Å². The molecular weight excluding hydrogens is 268 g/mol. The molecule has 0 unspecified atom stereocenters. The average Bonchev–Trinajstić information content (AvgIpc) is 2.49. The topological polar surface area (TPSA) is 87.6 Å². The van der Waals surface area contributed by atoms with Gasteiger partial charge in [-0.15, -0.1) is 0 Å². The predicted molar refractivity (Wildman–Crippen MR) is 71.4 cm³/mol. The Morgan fingerprint density at radius 3 is 2.74 bits per heavy atom. The fourth-order valence-electron chi connectivity index (χ4n) is 2.10. The van der Waals surface area contributed by atoms with Crippen molar-refractivity contribution in [2.45, 2.75) is 13.3 Å². The van der Waals surface area contributed by atoms with Crippen molar-refractivity contribution in [3.8, 4) is 0 Å². The molecule has 2 heterocycles. The molecule has 1 aromatic rings. The number of sulfone groups is 1. The minimum atomic E-state index is -2.98. The van der Waals surface area contributed by atoms with Crippen LogP contribution in [0.5, 0.6) is 0 Å². The number of aryl methyl sites for hydroxylation is 1. The molecule has 6 nitrogen and oxygen atoms in total. The van der Waals surface area contributed by atoms with E-state index in [9.17, 15) is 13.2 Å². The molecule has 1 aliphatic heterocycles. The number of carboxylic acid groups (broad SMARTS) is 1. The van der Waals surface area contributed by atoms with Crippen LogP contribution < -0.4 is 4.90 Å². The van der Waals surface area contributed by atoms with Crippen LogP contribution in [0.3, 0.4) is 0 Å². The van der Waals surface area contributed by atoms with Crippen LogP contribution in [0.2, 0.25) is 0 Å². The first kappa shape index (κ1) is 13.8. The lowest BCUT2D eigenvalue weighted by Crippen LogP contribution is -2.28. The van der Waals surface area contributed by atoms with E-state index in [1.807, 2.05) is 4.90 Å². The van der Waals surface area contributed by atoms with Crippen LogP contribution in [-0.2, 0) is 9.84 Å². The highest BCUT2D eigenvalue weighted by molar-refractivity contribution is 7.91. The molecule has 0 radical (unpaired) electrons. The highest BCUT2D eigenvalue weighted by Gasteiger charge is 2.21. The van der Waals surface area contributed by atoms with E-state index in [2.05, 4.69) is 4.98 Å². The maximum atomic E-state index is 11.5. The Bertz CT molecular complexity index is 598. The van der Waals surface area contributed by atoms with Crippen LogP contribution in [0.15, 0.2) is 12.1 Å². The van der Waals surface area contributed by atoms with Crippen molar-refractivity contribution in [2.24, 2.45) is 0 Å². The minimum Gasteiger partial charge on any atom is -0.478 e. The molecule has 0 atom stereocenters. The summed E-state index contributed by atoms with van der Waals surface area (Å²) in [5.41, 5.74) is 0.789. The van der Waals surface area contributed by atoms with Crippen molar-refractivity contribution in [1.29, 1.82) is 0 Å². The number of hydrogen-bond acceptors (Lipinski definition) is 5. The van der Waals surface area contributed by atoms with Crippen LogP contribution in [-0.4, -0.2) is 49.1 Å². The molecule has 1 N–H and O–H groups in total. The van der Waals surface area contributed by atoms with Gasteiger partial charge in [0.2, 0.25) is 0 Å². The van der Waals surface area contributed by atoms with E-state index < -0.39 is 15.8 Å². The lowest BCUT2D eigenvalue weighted by atomic mass is 10.2. The van der Waals surface area contributed by atoms with Crippen LogP contribution in [0.1, 0.15) is 22.5 Å². The summed E-state index contributed by atoms with van der Waals surface area (Å²) < 4.78 is 23.1. The molecule has 0 bridgehead atoms. The lowest BCUT2D eigenvalue weighted by Gasteiger charge is -2.21. The van der Waals surface area contributed by atoms with Crippen molar-refractivity contribution in [1.82, 2.24) is 4.98 Å². The quantitative estimate of drug-likeness (QED) is 0.860.